The average Bonchev–Trinajstić information content (AvgIpc) is 3.21. The van der Waals surface area contributed by atoms with Crippen molar-refractivity contribution in [1.82, 2.24) is 9.88 Å². The van der Waals surface area contributed by atoms with Crippen molar-refractivity contribution in [2.45, 2.75) is 31.6 Å². The van der Waals surface area contributed by atoms with Crippen LogP contribution in [0.15, 0.2) is 54.7 Å². The number of piperidine rings is 1. The molecule has 0 radical (unpaired) electrons. The number of nitrogens with zero attached hydrogens (tertiary/aromatic N) is 1. The Hall–Kier alpha value is -3.08. The van der Waals surface area contributed by atoms with Gasteiger partial charge in [-0.15, -0.1) is 0 Å². The minimum Gasteiger partial charge on any atom is -0.497 e. The minimum absolute atomic E-state index is 0.0166. The molecular formula is C24H26N2O3. The fourth-order valence-electron chi connectivity index (χ4n) is 4.16. The van der Waals surface area contributed by atoms with Gasteiger partial charge in [-0.3, -0.25) is 9.59 Å². The Bertz CT molecular complexity index is 1000. The SMILES string of the molecule is COc1ccc2[nH]cc(C(=O)CCC(=O)N3CCC(c4ccccc4)CC3)c2c1. The lowest BCUT2D eigenvalue weighted by Crippen LogP contribution is -2.38. The van der Waals surface area contributed by atoms with Gasteiger partial charge in [0.05, 0.1) is 7.11 Å². The average molecular weight is 390 g/mol. The monoisotopic (exact) mass is 390 g/mol. The maximum atomic E-state index is 12.7. The number of hydrogen-bond donors (Lipinski definition) is 1. The van der Waals surface area contributed by atoms with Crippen molar-refractivity contribution < 1.29 is 14.3 Å². The molecular weight excluding hydrogens is 364 g/mol. The highest BCUT2D eigenvalue weighted by Crippen LogP contribution is 2.28. The topological polar surface area (TPSA) is 62.4 Å². The van der Waals surface area contributed by atoms with Crippen molar-refractivity contribution >= 4 is 22.6 Å². The molecule has 0 bridgehead atoms. The Morgan fingerprint density at radius 1 is 1.07 bits per heavy atom. The number of methoxy groups -OCH3 is 1. The van der Waals surface area contributed by atoms with Crippen LogP contribution in [0.2, 0.25) is 0 Å². The first-order valence-corrected chi connectivity index (χ1v) is 10.2. The van der Waals surface area contributed by atoms with Gasteiger partial charge in [-0.25, -0.2) is 0 Å². The Morgan fingerprint density at radius 2 is 1.83 bits per heavy atom. The molecule has 1 aromatic heterocycles. The summed E-state index contributed by atoms with van der Waals surface area (Å²) in [4.78, 5) is 30.4. The van der Waals surface area contributed by atoms with Crippen LogP contribution >= 0.6 is 0 Å². The Balaban J connectivity index is 1.32. The van der Waals surface area contributed by atoms with E-state index >= 15 is 0 Å². The first kappa shape index (κ1) is 19.2. The standard InChI is InChI=1S/C24H26N2O3/c1-29-19-7-8-22-20(15-19)21(16-25-22)23(27)9-10-24(28)26-13-11-18(12-14-26)17-5-3-2-4-6-17/h2-8,15-16,18,25H,9-14H2,1H3. The highest BCUT2D eigenvalue weighted by atomic mass is 16.5. The lowest BCUT2D eigenvalue weighted by molar-refractivity contribution is -0.132. The molecule has 2 aromatic carbocycles. The number of Topliss-reactive ketones (excluding diaryl/α,β-unsaturated/α-hetero) is 1. The maximum Gasteiger partial charge on any atom is 0.223 e. The van der Waals surface area contributed by atoms with E-state index in [0.29, 0.717) is 17.2 Å². The third-order valence-electron chi connectivity index (χ3n) is 5.87. The summed E-state index contributed by atoms with van der Waals surface area (Å²) in [5.41, 5.74) is 2.86. The maximum absolute atomic E-state index is 12.7. The van der Waals surface area contributed by atoms with Gasteiger partial charge in [-0.1, -0.05) is 30.3 Å². The molecule has 1 fully saturated rings. The van der Waals surface area contributed by atoms with Crippen molar-refractivity contribution in [2.75, 3.05) is 20.2 Å². The second-order valence-corrected chi connectivity index (χ2v) is 7.60. The smallest absolute Gasteiger partial charge is 0.223 e. The number of ketones is 1. The molecule has 5 heteroatoms. The van der Waals surface area contributed by atoms with Gasteiger partial charge in [-0.2, -0.15) is 0 Å². The predicted octanol–water partition coefficient (Wildman–Crippen LogP) is 4.55. The summed E-state index contributed by atoms with van der Waals surface area (Å²) < 4.78 is 5.26. The van der Waals surface area contributed by atoms with E-state index in [1.807, 2.05) is 29.2 Å². The van der Waals surface area contributed by atoms with E-state index in [2.05, 4.69) is 29.2 Å². The number of carbonyl (C=O) groups excluding carboxylic acids is 2. The van der Waals surface area contributed by atoms with Gasteiger partial charge in [0.25, 0.3) is 0 Å². The summed E-state index contributed by atoms with van der Waals surface area (Å²) in [7, 11) is 1.61. The molecule has 1 aliphatic rings. The Labute approximate surface area is 170 Å². The summed E-state index contributed by atoms with van der Waals surface area (Å²) >= 11 is 0. The summed E-state index contributed by atoms with van der Waals surface area (Å²) in [6.45, 7) is 1.52. The van der Waals surface area contributed by atoms with Crippen LogP contribution in [0.25, 0.3) is 10.9 Å². The zero-order valence-electron chi connectivity index (χ0n) is 16.7. The number of H-pyrrole nitrogens is 1. The van der Waals surface area contributed by atoms with Gasteiger partial charge in [0.2, 0.25) is 5.91 Å². The number of likely N-dealkylation sites (tertiary alicyclic amines) is 1. The van der Waals surface area contributed by atoms with Crippen molar-refractivity contribution in [3.05, 3.63) is 65.9 Å². The molecule has 3 aromatic rings. The van der Waals surface area contributed by atoms with E-state index in [4.69, 9.17) is 4.74 Å². The molecule has 1 amide bonds. The summed E-state index contributed by atoms with van der Waals surface area (Å²) in [5, 5.41) is 0.838. The minimum atomic E-state index is -0.0166. The lowest BCUT2D eigenvalue weighted by atomic mass is 9.89. The van der Waals surface area contributed by atoms with Crippen LogP contribution in [-0.2, 0) is 4.79 Å². The number of aromatic amines is 1. The number of rotatable bonds is 6. The molecule has 2 heterocycles. The third kappa shape index (κ3) is 4.19. The van der Waals surface area contributed by atoms with Crippen LogP contribution in [-0.4, -0.2) is 41.8 Å². The van der Waals surface area contributed by atoms with Crippen LogP contribution in [0.5, 0.6) is 5.75 Å². The van der Waals surface area contributed by atoms with Crippen LogP contribution in [0.4, 0.5) is 0 Å². The molecule has 0 unspecified atom stereocenters. The number of carbonyl (C=O) groups is 2. The fourth-order valence-corrected chi connectivity index (χ4v) is 4.16. The van der Waals surface area contributed by atoms with E-state index < -0.39 is 0 Å². The quantitative estimate of drug-likeness (QED) is 0.628. The first-order chi connectivity index (χ1) is 14.2. The van der Waals surface area contributed by atoms with Crippen molar-refractivity contribution in [3.8, 4) is 5.75 Å². The number of ether oxygens (including phenoxy) is 1. The Kier molecular flexibility index (Phi) is 5.65. The van der Waals surface area contributed by atoms with Gasteiger partial charge < -0.3 is 14.6 Å². The molecule has 150 valence electrons. The predicted molar refractivity (Wildman–Crippen MR) is 113 cm³/mol. The molecule has 1 saturated heterocycles. The normalized spacial score (nSPS) is 14.9. The van der Waals surface area contributed by atoms with Crippen molar-refractivity contribution in [2.24, 2.45) is 0 Å². The summed E-state index contributed by atoms with van der Waals surface area (Å²) in [5.74, 6) is 1.28. The first-order valence-electron chi connectivity index (χ1n) is 10.2. The highest BCUT2D eigenvalue weighted by Gasteiger charge is 2.24. The number of hydrogen-bond acceptors (Lipinski definition) is 3. The van der Waals surface area contributed by atoms with Gasteiger partial charge in [0.15, 0.2) is 5.78 Å². The van der Waals surface area contributed by atoms with Gasteiger partial charge in [0, 0.05) is 48.6 Å². The second-order valence-electron chi connectivity index (χ2n) is 7.60. The van der Waals surface area contributed by atoms with Gasteiger partial charge >= 0.3 is 0 Å². The third-order valence-corrected chi connectivity index (χ3v) is 5.87. The highest BCUT2D eigenvalue weighted by molar-refractivity contribution is 6.08. The molecule has 0 saturated carbocycles. The van der Waals surface area contributed by atoms with Crippen LogP contribution in [0.3, 0.4) is 0 Å². The second kappa shape index (κ2) is 8.52. The molecule has 4 rings (SSSR count). The van der Waals surface area contributed by atoms with Crippen molar-refractivity contribution in [1.29, 1.82) is 0 Å². The summed E-state index contributed by atoms with van der Waals surface area (Å²) in [6.07, 6.45) is 4.16. The van der Waals surface area contributed by atoms with E-state index in [9.17, 15) is 9.59 Å². The molecule has 0 aliphatic carbocycles. The van der Waals surface area contributed by atoms with Gasteiger partial charge in [-0.05, 0) is 42.5 Å². The van der Waals surface area contributed by atoms with Gasteiger partial charge in [0.1, 0.15) is 5.75 Å². The van der Waals surface area contributed by atoms with Crippen LogP contribution in [0, 0.1) is 0 Å². The number of fused-ring (bicyclic) bond motifs is 1. The molecule has 5 nitrogen and oxygen atoms in total. The number of aromatic nitrogens is 1. The van der Waals surface area contributed by atoms with E-state index in [0.717, 1.165) is 36.8 Å². The number of nitrogens with one attached hydrogen (secondary N) is 1. The van der Waals surface area contributed by atoms with Crippen LogP contribution < -0.4 is 4.74 Å². The fraction of sp³-hybridized carbons (Fsp3) is 0.333. The molecule has 1 N–H and O–H groups in total. The number of benzene rings is 2. The van der Waals surface area contributed by atoms with E-state index in [1.54, 1.807) is 13.3 Å². The van der Waals surface area contributed by atoms with E-state index in [-0.39, 0.29) is 24.5 Å². The molecule has 29 heavy (non-hydrogen) atoms. The molecule has 0 spiro atoms. The van der Waals surface area contributed by atoms with Crippen LogP contribution in [0.1, 0.15) is 47.5 Å². The molecule has 1 aliphatic heterocycles. The van der Waals surface area contributed by atoms with Crippen molar-refractivity contribution in [3.63, 3.8) is 0 Å². The lowest BCUT2D eigenvalue weighted by Gasteiger charge is -2.32. The molecule has 0 atom stereocenters. The van der Waals surface area contributed by atoms with E-state index in [1.165, 1.54) is 5.56 Å². The zero-order valence-corrected chi connectivity index (χ0v) is 16.7. The zero-order chi connectivity index (χ0) is 20.2. The summed E-state index contributed by atoms with van der Waals surface area (Å²) in [6, 6.07) is 16.1. The Morgan fingerprint density at radius 3 is 2.55 bits per heavy atom. The largest absolute Gasteiger partial charge is 0.497 e. The number of amides is 1.